The van der Waals surface area contributed by atoms with E-state index in [9.17, 15) is 0 Å². The highest BCUT2D eigenvalue weighted by Crippen LogP contribution is 2.57. The van der Waals surface area contributed by atoms with Crippen LogP contribution in [0.1, 0.15) is 55.6 Å². The molecule has 0 aromatic heterocycles. The van der Waals surface area contributed by atoms with E-state index in [1.54, 1.807) is 0 Å². The number of aryl methyl sites for hydroxylation is 4. The minimum absolute atomic E-state index is 0.146. The monoisotopic (exact) mass is 806 g/mol. The standard InChI is InChI=1S/C61H46N2/c1-2-18-48-40-61(39-47(48)17-1)54-37-41(28-35-51(54)52-36-34-49(38-55(52)61)62-56-22-7-3-13-43(56)30-31-44-14-4-8-23-57(44)62)27-29-42-19-11-21-53-50(42)20-12-26-60(53)63-58-24-9-5-15-45(58)32-33-46-16-6-10-25-59(46)63/h1-29,34-38H,30-33,39-40H2/b29-27+. The number of hydrogen-bond donors (Lipinski definition) is 0. The molecule has 0 unspecified atom stereocenters. The average Bonchev–Trinajstić information content (AvgIpc) is 3.71. The van der Waals surface area contributed by atoms with Crippen molar-refractivity contribution in [2.75, 3.05) is 9.80 Å². The van der Waals surface area contributed by atoms with E-state index >= 15 is 0 Å². The third-order valence-corrected chi connectivity index (χ3v) is 14.6. The highest BCUT2D eigenvalue weighted by Gasteiger charge is 2.47. The first-order chi connectivity index (χ1) is 31.2. The van der Waals surface area contributed by atoms with Crippen LogP contribution < -0.4 is 9.80 Å². The summed E-state index contributed by atoms with van der Waals surface area (Å²) in [6.45, 7) is 0. The van der Waals surface area contributed by atoms with E-state index in [2.05, 4.69) is 216 Å². The molecule has 2 heteroatoms. The van der Waals surface area contributed by atoms with E-state index in [4.69, 9.17) is 0 Å². The van der Waals surface area contributed by atoms with Crippen molar-refractivity contribution in [3.05, 3.63) is 250 Å². The third kappa shape index (κ3) is 5.71. The zero-order valence-corrected chi connectivity index (χ0v) is 35.3. The number of para-hydroxylation sites is 4. The van der Waals surface area contributed by atoms with Crippen molar-refractivity contribution in [2.24, 2.45) is 0 Å². The van der Waals surface area contributed by atoms with Gasteiger partial charge in [0, 0.05) is 39.2 Å². The van der Waals surface area contributed by atoms with Gasteiger partial charge in [0.05, 0.1) is 5.69 Å². The van der Waals surface area contributed by atoms with Crippen LogP contribution in [-0.4, -0.2) is 0 Å². The summed E-state index contributed by atoms with van der Waals surface area (Å²) in [6.07, 6.45) is 10.8. The van der Waals surface area contributed by atoms with Crippen LogP contribution in [0.3, 0.4) is 0 Å². The topological polar surface area (TPSA) is 6.48 Å². The lowest BCUT2D eigenvalue weighted by molar-refractivity contribution is 0.563. The van der Waals surface area contributed by atoms with Crippen molar-refractivity contribution in [3.8, 4) is 11.1 Å². The summed E-state index contributed by atoms with van der Waals surface area (Å²) in [7, 11) is 0. The zero-order valence-electron chi connectivity index (χ0n) is 35.3. The first kappa shape index (κ1) is 36.3. The average molecular weight is 807 g/mol. The summed E-state index contributed by atoms with van der Waals surface area (Å²) in [5.41, 5.74) is 24.0. The molecule has 1 spiro atoms. The van der Waals surface area contributed by atoms with Crippen LogP contribution >= 0.6 is 0 Å². The van der Waals surface area contributed by atoms with Gasteiger partial charge in [0.25, 0.3) is 0 Å². The Labute approximate surface area is 370 Å². The lowest BCUT2D eigenvalue weighted by Crippen LogP contribution is -2.26. The van der Waals surface area contributed by atoms with Gasteiger partial charge < -0.3 is 9.80 Å². The fraction of sp³-hybridized carbons (Fsp3) is 0.115. The summed E-state index contributed by atoms with van der Waals surface area (Å²) >= 11 is 0. The summed E-state index contributed by atoms with van der Waals surface area (Å²) in [5, 5.41) is 2.51. The molecule has 13 rings (SSSR count). The Balaban J connectivity index is 0.913. The van der Waals surface area contributed by atoms with Crippen molar-refractivity contribution in [2.45, 2.75) is 43.9 Å². The summed E-state index contributed by atoms with van der Waals surface area (Å²) in [5.74, 6) is 0. The first-order valence-electron chi connectivity index (χ1n) is 22.7. The van der Waals surface area contributed by atoms with Crippen LogP contribution in [0.5, 0.6) is 0 Å². The Bertz CT molecular complexity index is 3210. The third-order valence-electron chi connectivity index (χ3n) is 14.6. The van der Waals surface area contributed by atoms with Gasteiger partial charge in [0.2, 0.25) is 0 Å². The minimum Gasteiger partial charge on any atom is -0.310 e. The molecule has 0 bridgehead atoms. The van der Waals surface area contributed by atoms with Gasteiger partial charge in [0.15, 0.2) is 0 Å². The lowest BCUT2D eigenvalue weighted by Gasteiger charge is -2.31. The molecule has 63 heavy (non-hydrogen) atoms. The van der Waals surface area contributed by atoms with E-state index in [1.165, 1.54) is 112 Å². The summed E-state index contributed by atoms with van der Waals surface area (Å²) < 4.78 is 0. The highest BCUT2D eigenvalue weighted by atomic mass is 15.2. The smallest absolute Gasteiger partial charge is 0.0540 e. The molecular weight excluding hydrogens is 761 g/mol. The van der Waals surface area contributed by atoms with Crippen LogP contribution in [0.25, 0.3) is 34.1 Å². The molecule has 0 fully saturated rings. The first-order valence-corrected chi connectivity index (χ1v) is 22.7. The van der Waals surface area contributed by atoms with Gasteiger partial charge in [-0.05, 0) is 153 Å². The maximum atomic E-state index is 2.55. The Morgan fingerprint density at radius 1 is 0.349 bits per heavy atom. The predicted molar refractivity (Wildman–Crippen MR) is 264 cm³/mol. The molecular formula is C61H46N2. The van der Waals surface area contributed by atoms with E-state index < -0.39 is 0 Å². The van der Waals surface area contributed by atoms with E-state index in [0.29, 0.717) is 0 Å². The fourth-order valence-electron chi connectivity index (χ4n) is 11.7. The molecule has 0 radical (unpaired) electrons. The van der Waals surface area contributed by atoms with Crippen LogP contribution in [0.2, 0.25) is 0 Å². The Kier molecular flexibility index (Phi) is 8.24. The Morgan fingerprint density at radius 3 is 1.40 bits per heavy atom. The second kappa shape index (κ2) is 14.3. The molecule has 2 aliphatic carbocycles. The van der Waals surface area contributed by atoms with E-state index in [0.717, 1.165) is 38.5 Å². The van der Waals surface area contributed by atoms with Crippen molar-refractivity contribution in [3.63, 3.8) is 0 Å². The maximum absolute atomic E-state index is 2.55. The molecule has 4 aliphatic rings. The molecule has 9 aromatic rings. The zero-order chi connectivity index (χ0) is 41.5. The molecule has 0 saturated carbocycles. The normalized spacial score (nSPS) is 15.2. The molecule has 9 aromatic carbocycles. The van der Waals surface area contributed by atoms with E-state index in [-0.39, 0.29) is 5.41 Å². The lowest BCUT2D eigenvalue weighted by atomic mass is 9.75. The van der Waals surface area contributed by atoms with Crippen molar-refractivity contribution < 1.29 is 0 Å². The van der Waals surface area contributed by atoms with Gasteiger partial charge in [-0.15, -0.1) is 0 Å². The van der Waals surface area contributed by atoms with Gasteiger partial charge in [-0.2, -0.15) is 0 Å². The number of anilines is 6. The van der Waals surface area contributed by atoms with E-state index in [1.807, 2.05) is 0 Å². The number of benzene rings is 9. The summed E-state index contributed by atoms with van der Waals surface area (Å²) in [6, 6.07) is 73.2. The SMILES string of the molecule is C(=C\c1cccc2c(N3c4ccccc4CCc4ccccc43)cccc12)/c1ccc2c(c1)C1(Cc3ccccc3C1)c1cc(N3c4ccccc4CCc4ccccc43)ccc1-2. The van der Waals surface area contributed by atoms with Crippen molar-refractivity contribution >= 4 is 57.0 Å². The maximum Gasteiger partial charge on any atom is 0.0540 e. The highest BCUT2D eigenvalue weighted by molar-refractivity contribution is 6.04. The van der Waals surface area contributed by atoms with Crippen molar-refractivity contribution in [1.29, 1.82) is 0 Å². The minimum atomic E-state index is -0.146. The summed E-state index contributed by atoms with van der Waals surface area (Å²) in [4.78, 5) is 5.03. The van der Waals surface area contributed by atoms with Crippen molar-refractivity contribution in [1.82, 2.24) is 0 Å². The van der Waals surface area contributed by atoms with Gasteiger partial charge >= 0.3 is 0 Å². The number of nitrogens with zero attached hydrogens (tertiary/aromatic N) is 2. The van der Waals surface area contributed by atoms with Gasteiger partial charge in [-0.1, -0.05) is 164 Å². The molecule has 0 saturated heterocycles. The second-order valence-electron chi connectivity index (χ2n) is 18.0. The molecule has 0 N–H and O–H groups in total. The predicted octanol–water partition coefficient (Wildman–Crippen LogP) is 15.2. The molecule has 2 heterocycles. The quantitative estimate of drug-likeness (QED) is 0.163. The molecule has 0 atom stereocenters. The molecule has 0 amide bonds. The molecule has 300 valence electrons. The molecule has 2 aliphatic heterocycles. The molecule has 2 nitrogen and oxygen atoms in total. The van der Waals surface area contributed by atoms with Crippen LogP contribution in [0, 0.1) is 0 Å². The van der Waals surface area contributed by atoms with Gasteiger partial charge in [-0.3, -0.25) is 0 Å². The number of hydrogen-bond acceptors (Lipinski definition) is 2. The van der Waals surface area contributed by atoms with Gasteiger partial charge in [0.1, 0.15) is 0 Å². The number of rotatable bonds is 4. The Morgan fingerprint density at radius 2 is 0.810 bits per heavy atom. The van der Waals surface area contributed by atoms with Crippen LogP contribution in [0.15, 0.2) is 194 Å². The van der Waals surface area contributed by atoms with Gasteiger partial charge in [-0.25, -0.2) is 0 Å². The van der Waals surface area contributed by atoms with Crippen LogP contribution in [0.4, 0.5) is 34.1 Å². The van der Waals surface area contributed by atoms with Crippen LogP contribution in [-0.2, 0) is 43.9 Å². The Hall–Kier alpha value is -7.42. The fourth-order valence-corrected chi connectivity index (χ4v) is 11.7. The second-order valence-corrected chi connectivity index (χ2v) is 18.0. The number of fused-ring (bicyclic) bond motifs is 11. The largest absolute Gasteiger partial charge is 0.310 e.